The van der Waals surface area contributed by atoms with Gasteiger partial charge in [-0.15, -0.1) is 6.58 Å². The van der Waals surface area contributed by atoms with E-state index >= 15 is 0 Å². The first kappa shape index (κ1) is 14.2. The Labute approximate surface area is 108 Å². The van der Waals surface area contributed by atoms with Crippen LogP contribution in [0, 0.1) is 5.41 Å². The minimum absolute atomic E-state index is 0.251. The van der Waals surface area contributed by atoms with Crippen LogP contribution in [0.25, 0.3) is 0 Å². The van der Waals surface area contributed by atoms with E-state index in [1.54, 1.807) is 19.1 Å². The summed E-state index contributed by atoms with van der Waals surface area (Å²) in [5.74, 6) is 6.38. The van der Waals surface area contributed by atoms with Crippen molar-refractivity contribution in [3.8, 4) is 5.88 Å². The van der Waals surface area contributed by atoms with E-state index in [1.165, 1.54) is 0 Å². The van der Waals surface area contributed by atoms with Crippen molar-refractivity contribution in [2.75, 3.05) is 11.9 Å². The normalized spacial score (nSPS) is 10.3. The maximum absolute atomic E-state index is 7.90. The molecule has 0 unspecified atom stereocenters. The molecule has 0 radical (unpaired) electrons. The van der Waals surface area contributed by atoms with Crippen molar-refractivity contribution in [1.29, 1.82) is 5.41 Å². The largest absolute Gasteiger partial charge is 0.391 e. The quantitative estimate of drug-likeness (QED) is 0.410. The van der Waals surface area contributed by atoms with Crippen LogP contribution in [-0.4, -0.2) is 17.2 Å². The van der Waals surface area contributed by atoms with Crippen LogP contribution in [0.4, 0.5) is 5.82 Å². The zero-order chi connectivity index (χ0) is 13.7. The van der Waals surface area contributed by atoms with Gasteiger partial charge in [-0.2, -0.15) is 10.9 Å². The van der Waals surface area contributed by atoms with Crippen molar-refractivity contribution >= 4 is 11.5 Å². The van der Waals surface area contributed by atoms with E-state index in [1.807, 2.05) is 0 Å². The van der Waals surface area contributed by atoms with Gasteiger partial charge >= 0.3 is 0 Å². The van der Waals surface area contributed by atoms with Gasteiger partial charge in [0.15, 0.2) is 0 Å². The fourth-order valence-electron chi connectivity index (χ4n) is 1.75. The van der Waals surface area contributed by atoms with Crippen molar-refractivity contribution in [2.24, 2.45) is 5.90 Å². The molecule has 0 atom stereocenters. The summed E-state index contributed by atoms with van der Waals surface area (Å²) < 4.78 is 0. The third-order valence-corrected chi connectivity index (χ3v) is 2.56. The van der Waals surface area contributed by atoms with Crippen molar-refractivity contribution in [3.63, 3.8) is 0 Å². The first-order valence-corrected chi connectivity index (χ1v) is 5.83. The summed E-state index contributed by atoms with van der Waals surface area (Å²) in [5.41, 5.74) is 2.25. The standard InChI is InChI=1S/C13H20N4O/c1-5-6-16-13-12(9(4)14)10(8(2)3)7-11(17-13)18-15/h5,7-8,14H,1,6,15H2,2-4H3,(H,16,17). The molecule has 1 heterocycles. The molecule has 0 aliphatic carbocycles. The lowest BCUT2D eigenvalue weighted by Crippen LogP contribution is -2.14. The Kier molecular flexibility index (Phi) is 4.85. The fraction of sp³-hybridized carbons (Fsp3) is 0.385. The molecule has 18 heavy (non-hydrogen) atoms. The number of anilines is 1. The minimum atomic E-state index is 0.251. The van der Waals surface area contributed by atoms with Crippen molar-refractivity contribution in [3.05, 3.63) is 29.8 Å². The summed E-state index contributed by atoms with van der Waals surface area (Å²) in [7, 11) is 0. The van der Waals surface area contributed by atoms with E-state index in [0.717, 1.165) is 11.1 Å². The summed E-state index contributed by atoms with van der Waals surface area (Å²) in [6, 6.07) is 1.77. The van der Waals surface area contributed by atoms with E-state index < -0.39 is 0 Å². The Morgan fingerprint density at radius 1 is 1.67 bits per heavy atom. The van der Waals surface area contributed by atoms with Gasteiger partial charge in [0.2, 0.25) is 5.88 Å². The Balaban J connectivity index is 3.39. The van der Waals surface area contributed by atoms with Crippen LogP contribution in [-0.2, 0) is 0 Å². The van der Waals surface area contributed by atoms with Gasteiger partial charge in [0.1, 0.15) is 5.82 Å². The molecular formula is C13H20N4O. The number of pyridine rings is 1. The first-order valence-electron chi connectivity index (χ1n) is 5.83. The Morgan fingerprint density at radius 3 is 2.78 bits per heavy atom. The second-order valence-electron chi connectivity index (χ2n) is 4.34. The third kappa shape index (κ3) is 3.07. The monoisotopic (exact) mass is 248 g/mol. The number of hydrogen-bond acceptors (Lipinski definition) is 5. The van der Waals surface area contributed by atoms with E-state index in [4.69, 9.17) is 16.1 Å². The van der Waals surface area contributed by atoms with Gasteiger partial charge in [-0.3, -0.25) is 0 Å². The van der Waals surface area contributed by atoms with Crippen LogP contribution >= 0.6 is 0 Å². The molecule has 1 aromatic rings. The molecule has 0 aliphatic heterocycles. The molecule has 0 spiro atoms. The second-order valence-corrected chi connectivity index (χ2v) is 4.34. The van der Waals surface area contributed by atoms with E-state index in [-0.39, 0.29) is 5.92 Å². The fourth-order valence-corrected chi connectivity index (χ4v) is 1.75. The molecule has 1 aromatic heterocycles. The summed E-state index contributed by atoms with van der Waals surface area (Å²) in [6.45, 7) is 10.1. The predicted molar refractivity (Wildman–Crippen MR) is 74.3 cm³/mol. The lowest BCUT2D eigenvalue weighted by Gasteiger charge is -2.17. The van der Waals surface area contributed by atoms with Crippen LogP contribution in [0.5, 0.6) is 5.88 Å². The van der Waals surface area contributed by atoms with Crippen LogP contribution in [0.15, 0.2) is 18.7 Å². The number of nitrogens with two attached hydrogens (primary N) is 1. The lowest BCUT2D eigenvalue weighted by atomic mass is 9.95. The molecule has 0 aromatic carbocycles. The number of aromatic nitrogens is 1. The smallest absolute Gasteiger partial charge is 0.239 e. The lowest BCUT2D eigenvalue weighted by molar-refractivity contribution is 0.320. The highest BCUT2D eigenvalue weighted by Crippen LogP contribution is 2.28. The Bertz CT molecular complexity index is 455. The molecule has 0 saturated carbocycles. The van der Waals surface area contributed by atoms with Gasteiger partial charge in [0, 0.05) is 23.9 Å². The van der Waals surface area contributed by atoms with Crippen molar-refractivity contribution < 1.29 is 4.84 Å². The molecule has 0 bridgehead atoms. The highest BCUT2D eigenvalue weighted by molar-refractivity contribution is 6.02. The summed E-state index contributed by atoms with van der Waals surface area (Å²) in [5, 5.41) is 11.0. The molecular weight excluding hydrogens is 228 g/mol. The molecule has 0 amide bonds. The molecule has 5 heteroatoms. The Morgan fingerprint density at radius 2 is 2.33 bits per heavy atom. The highest BCUT2D eigenvalue weighted by atomic mass is 16.6. The summed E-state index contributed by atoms with van der Waals surface area (Å²) >= 11 is 0. The van der Waals surface area contributed by atoms with Gasteiger partial charge in [-0.05, 0) is 18.4 Å². The first-order chi connectivity index (χ1) is 8.51. The number of hydrogen-bond donors (Lipinski definition) is 3. The van der Waals surface area contributed by atoms with Crippen LogP contribution in [0.2, 0.25) is 0 Å². The van der Waals surface area contributed by atoms with Crippen LogP contribution < -0.4 is 16.1 Å². The summed E-state index contributed by atoms with van der Waals surface area (Å²) in [6.07, 6.45) is 1.73. The molecule has 98 valence electrons. The highest BCUT2D eigenvalue weighted by Gasteiger charge is 2.17. The average Bonchev–Trinajstić information content (AvgIpc) is 2.34. The Hall–Kier alpha value is -1.88. The van der Waals surface area contributed by atoms with E-state index in [9.17, 15) is 0 Å². The van der Waals surface area contributed by atoms with E-state index in [0.29, 0.717) is 24.0 Å². The predicted octanol–water partition coefficient (Wildman–Crippen LogP) is 2.44. The van der Waals surface area contributed by atoms with Gasteiger partial charge in [-0.25, -0.2) is 0 Å². The van der Waals surface area contributed by atoms with Crippen molar-refractivity contribution in [2.45, 2.75) is 26.7 Å². The third-order valence-electron chi connectivity index (χ3n) is 2.56. The van der Waals surface area contributed by atoms with Gasteiger partial charge in [-0.1, -0.05) is 19.9 Å². The number of nitrogens with one attached hydrogen (secondary N) is 2. The molecule has 0 fully saturated rings. The van der Waals surface area contributed by atoms with Gasteiger partial charge in [0.25, 0.3) is 0 Å². The van der Waals surface area contributed by atoms with Crippen LogP contribution in [0.3, 0.4) is 0 Å². The summed E-state index contributed by atoms with van der Waals surface area (Å²) in [4.78, 5) is 8.96. The minimum Gasteiger partial charge on any atom is -0.391 e. The number of rotatable bonds is 6. The second kappa shape index (κ2) is 6.16. The zero-order valence-electron chi connectivity index (χ0n) is 11.1. The molecule has 0 saturated heterocycles. The molecule has 5 nitrogen and oxygen atoms in total. The van der Waals surface area contributed by atoms with E-state index in [2.05, 4.69) is 30.7 Å². The molecule has 0 aliphatic rings. The average molecular weight is 248 g/mol. The van der Waals surface area contributed by atoms with Crippen molar-refractivity contribution in [1.82, 2.24) is 4.98 Å². The van der Waals surface area contributed by atoms with Gasteiger partial charge < -0.3 is 15.6 Å². The molecule has 4 N–H and O–H groups in total. The van der Waals surface area contributed by atoms with Gasteiger partial charge in [0.05, 0.1) is 0 Å². The van der Waals surface area contributed by atoms with Crippen LogP contribution in [0.1, 0.15) is 37.8 Å². The maximum atomic E-state index is 7.90. The number of nitrogens with zero attached hydrogens (tertiary/aromatic N) is 1. The SMILES string of the molecule is C=CCNc1nc(ON)cc(C(C)C)c1C(C)=N. The topological polar surface area (TPSA) is 84.0 Å². The molecule has 1 rings (SSSR count). The maximum Gasteiger partial charge on any atom is 0.239 e. The zero-order valence-corrected chi connectivity index (χ0v) is 11.1.